The quantitative estimate of drug-likeness (QED) is 0.690. The summed E-state index contributed by atoms with van der Waals surface area (Å²) >= 11 is 0. The van der Waals surface area contributed by atoms with E-state index in [9.17, 15) is 13.2 Å². The Bertz CT molecular complexity index is 929. The first kappa shape index (κ1) is 21.7. The number of primary sulfonamides is 1. The van der Waals surface area contributed by atoms with Crippen molar-refractivity contribution < 1.29 is 22.7 Å². The maximum Gasteiger partial charge on any atom is 0.241 e. The second-order valence-electron chi connectivity index (χ2n) is 6.30. The van der Waals surface area contributed by atoms with Gasteiger partial charge in [0.05, 0.1) is 25.2 Å². The van der Waals surface area contributed by atoms with E-state index in [0.29, 0.717) is 23.7 Å². The van der Waals surface area contributed by atoms with Crippen molar-refractivity contribution in [1.29, 1.82) is 0 Å². The molecule has 0 bridgehead atoms. The number of sulfonamides is 1. The van der Waals surface area contributed by atoms with Crippen molar-refractivity contribution in [2.24, 2.45) is 5.14 Å². The normalized spacial score (nSPS) is 12.5. The van der Waals surface area contributed by atoms with E-state index in [0.717, 1.165) is 5.56 Å². The molecule has 0 heterocycles. The molecule has 3 N–H and O–H groups in total. The Morgan fingerprint density at radius 3 is 2.32 bits per heavy atom. The summed E-state index contributed by atoms with van der Waals surface area (Å²) in [6.07, 6.45) is 0. The number of methoxy groups -OCH3 is 2. The summed E-state index contributed by atoms with van der Waals surface area (Å²) in [6, 6.07) is 10.8. The topological polar surface area (TPSA) is 111 Å². The molecule has 1 atom stereocenters. The Labute approximate surface area is 165 Å². The Morgan fingerprint density at radius 2 is 1.79 bits per heavy atom. The molecule has 0 fully saturated rings. The molecule has 2 aromatic carbocycles. The van der Waals surface area contributed by atoms with E-state index < -0.39 is 16.1 Å². The minimum atomic E-state index is -3.77. The van der Waals surface area contributed by atoms with Crippen molar-refractivity contribution >= 4 is 21.6 Å². The number of anilines is 1. The summed E-state index contributed by atoms with van der Waals surface area (Å²) in [5, 5.41) is 7.84. The van der Waals surface area contributed by atoms with Crippen LogP contribution in [0.3, 0.4) is 0 Å². The summed E-state index contributed by atoms with van der Waals surface area (Å²) in [4.78, 5) is 14.4. The number of hydrogen-bond acceptors (Lipinski definition) is 6. The van der Waals surface area contributed by atoms with Crippen LogP contribution in [0, 0.1) is 0 Å². The SMILES string of the molecule is COc1cccc(CN(C)[C@@H](C)C(=O)Nc2ccc(S(N)(=O)=O)cc2)c1OC. The zero-order valence-corrected chi connectivity index (χ0v) is 17.1. The Hall–Kier alpha value is -2.62. The van der Waals surface area contributed by atoms with Crippen molar-refractivity contribution in [3.05, 3.63) is 48.0 Å². The maximum absolute atomic E-state index is 12.6. The number of para-hydroxylation sites is 1. The molecule has 1 amide bonds. The third-order valence-corrected chi connectivity index (χ3v) is 5.32. The van der Waals surface area contributed by atoms with Gasteiger partial charge in [-0.15, -0.1) is 0 Å². The fourth-order valence-corrected chi connectivity index (χ4v) is 3.17. The minimum absolute atomic E-state index is 0.0132. The van der Waals surface area contributed by atoms with Crippen molar-refractivity contribution in [2.75, 3.05) is 26.6 Å². The van der Waals surface area contributed by atoms with Gasteiger partial charge in [0.1, 0.15) is 0 Å². The fourth-order valence-electron chi connectivity index (χ4n) is 2.66. The Morgan fingerprint density at radius 1 is 1.14 bits per heavy atom. The molecule has 28 heavy (non-hydrogen) atoms. The number of hydrogen-bond donors (Lipinski definition) is 2. The number of amides is 1. The van der Waals surface area contributed by atoms with Crippen LogP contribution < -0.4 is 19.9 Å². The van der Waals surface area contributed by atoms with Crippen LogP contribution in [0.15, 0.2) is 47.4 Å². The molecule has 0 aliphatic carbocycles. The zero-order valence-electron chi connectivity index (χ0n) is 16.3. The third-order valence-electron chi connectivity index (χ3n) is 4.40. The summed E-state index contributed by atoms with van der Waals surface area (Å²) < 4.78 is 33.3. The fraction of sp³-hybridized carbons (Fsp3) is 0.316. The largest absolute Gasteiger partial charge is 0.493 e. The lowest BCUT2D eigenvalue weighted by atomic mass is 10.1. The Balaban J connectivity index is 2.07. The summed E-state index contributed by atoms with van der Waals surface area (Å²) in [6.45, 7) is 2.25. The van der Waals surface area contributed by atoms with Crippen LogP contribution in [0.5, 0.6) is 11.5 Å². The first-order chi connectivity index (χ1) is 13.2. The molecule has 0 aromatic heterocycles. The number of carbonyl (C=O) groups excluding carboxylic acids is 1. The van der Waals surface area contributed by atoms with Gasteiger partial charge >= 0.3 is 0 Å². The number of rotatable bonds is 8. The van der Waals surface area contributed by atoms with E-state index in [1.54, 1.807) is 21.1 Å². The maximum atomic E-state index is 12.6. The highest BCUT2D eigenvalue weighted by atomic mass is 32.2. The van der Waals surface area contributed by atoms with Crippen LogP contribution in [0.4, 0.5) is 5.69 Å². The summed E-state index contributed by atoms with van der Waals surface area (Å²) in [5.74, 6) is 1.02. The van der Waals surface area contributed by atoms with E-state index in [4.69, 9.17) is 14.6 Å². The summed E-state index contributed by atoms with van der Waals surface area (Å²) in [7, 11) is 1.20. The second-order valence-corrected chi connectivity index (χ2v) is 7.86. The van der Waals surface area contributed by atoms with Gasteiger partial charge in [0.15, 0.2) is 11.5 Å². The molecule has 0 aliphatic rings. The van der Waals surface area contributed by atoms with E-state index >= 15 is 0 Å². The van der Waals surface area contributed by atoms with Gasteiger partial charge in [-0.3, -0.25) is 9.69 Å². The van der Waals surface area contributed by atoms with Crippen LogP contribution >= 0.6 is 0 Å². The highest BCUT2D eigenvalue weighted by molar-refractivity contribution is 7.89. The monoisotopic (exact) mass is 407 g/mol. The van der Waals surface area contributed by atoms with E-state index in [1.165, 1.54) is 24.3 Å². The molecule has 2 rings (SSSR count). The van der Waals surface area contributed by atoms with Gasteiger partial charge < -0.3 is 14.8 Å². The number of carbonyl (C=O) groups is 1. The number of nitrogens with two attached hydrogens (primary N) is 1. The predicted molar refractivity (Wildman–Crippen MR) is 107 cm³/mol. The molecular weight excluding hydrogens is 382 g/mol. The lowest BCUT2D eigenvalue weighted by molar-refractivity contribution is -0.120. The molecule has 152 valence electrons. The smallest absolute Gasteiger partial charge is 0.241 e. The second kappa shape index (κ2) is 9.05. The number of nitrogens with zero attached hydrogens (tertiary/aromatic N) is 1. The average molecular weight is 407 g/mol. The Kier molecular flexibility index (Phi) is 7.00. The van der Waals surface area contributed by atoms with Crippen LogP contribution in [-0.4, -0.2) is 46.5 Å². The third kappa shape index (κ3) is 5.22. The van der Waals surface area contributed by atoms with E-state index in [-0.39, 0.29) is 10.8 Å². The molecule has 0 unspecified atom stereocenters. The molecular formula is C19H25N3O5S. The van der Waals surface area contributed by atoms with Crippen molar-refractivity contribution in [3.63, 3.8) is 0 Å². The molecule has 2 aromatic rings. The van der Waals surface area contributed by atoms with Crippen molar-refractivity contribution in [2.45, 2.75) is 24.4 Å². The highest BCUT2D eigenvalue weighted by Crippen LogP contribution is 2.31. The van der Waals surface area contributed by atoms with Crippen molar-refractivity contribution in [1.82, 2.24) is 4.90 Å². The van der Waals surface area contributed by atoms with Crippen LogP contribution in [0.2, 0.25) is 0 Å². The molecule has 0 saturated carbocycles. The van der Waals surface area contributed by atoms with Crippen LogP contribution in [0.1, 0.15) is 12.5 Å². The number of benzene rings is 2. The van der Waals surface area contributed by atoms with E-state index in [2.05, 4.69) is 5.32 Å². The van der Waals surface area contributed by atoms with Crippen LogP contribution in [-0.2, 0) is 21.4 Å². The lowest BCUT2D eigenvalue weighted by Gasteiger charge is -2.25. The zero-order chi connectivity index (χ0) is 20.9. The van der Waals surface area contributed by atoms with E-state index in [1.807, 2.05) is 30.1 Å². The molecule has 0 aliphatic heterocycles. The minimum Gasteiger partial charge on any atom is -0.493 e. The van der Waals surface area contributed by atoms with Gasteiger partial charge in [0.2, 0.25) is 15.9 Å². The number of nitrogens with one attached hydrogen (secondary N) is 1. The van der Waals surface area contributed by atoms with Crippen molar-refractivity contribution in [3.8, 4) is 11.5 Å². The first-order valence-electron chi connectivity index (χ1n) is 8.51. The molecule has 0 saturated heterocycles. The summed E-state index contributed by atoms with van der Waals surface area (Å²) in [5.41, 5.74) is 1.37. The van der Waals surface area contributed by atoms with Gasteiger partial charge in [-0.25, -0.2) is 13.6 Å². The van der Waals surface area contributed by atoms with Gasteiger partial charge in [0.25, 0.3) is 0 Å². The van der Waals surface area contributed by atoms with Gasteiger partial charge in [0, 0.05) is 17.8 Å². The predicted octanol–water partition coefficient (Wildman–Crippen LogP) is 1.81. The first-order valence-corrected chi connectivity index (χ1v) is 10.1. The van der Waals surface area contributed by atoms with Gasteiger partial charge in [-0.1, -0.05) is 12.1 Å². The molecule has 0 radical (unpaired) electrons. The highest BCUT2D eigenvalue weighted by Gasteiger charge is 2.20. The standard InChI is InChI=1S/C19H25N3O5S/c1-13(19(23)21-15-8-10-16(11-9-15)28(20,24)25)22(2)12-14-6-5-7-17(26-3)18(14)27-4/h5-11,13H,12H2,1-4H3,(H,21,23)(H2,20,24,25)/t13-/m0/s1. The van der Waals surface area contributed by atoms with Crippen LogP contribution in [0.25, 0.3) is 0 Å². The lowest BCUT2D eigenvalue weighted by Crippen LogP contribution is -2.39. The average Bonchev–Trinajstić information content (AvgIpc) is 2.66. The van der Waals surface area contributed by atoms with Gasteiger partial charge in [-0.05, 0) is 44.3 Å². The molecule has 9 heteroatoms. The number of ether oxygens (including phenoxy) is 2. The van der Waals surface area contributed by atoms with Gasteiger partial charge in [-0.2, -0.15) is 0 Å². The molecule has 0 spiro atoms. The number of likely N-dealkylation sites (N-methyl/N-ethyl adjacent to an activating group) is 1. The molecule has 8 nitrogen and oxygen atoms in total.